The molecule has 2 rings (SSSR count). The van der Waals surface area contributed by atoms with E-state index in [0.29, 0.717) is 5.92 Å². The van der Waals surface area contributed by atoms with Crippen molar-refractivity contribution in [2.24, 2.45) is 11.3 Å². The van der Waals surface area contributed by atoms with E-state index in [9.17, 15) is 4.79 Å². The molecule has 1 saturated heterocycles. The van der Waals surface area contributed by atoms with E-state index in [2.05, 4.69) is 31.4 Å². The van der Waals surface area contributed by atoms with Crippen molar-refractivity contribution in [3.8, 4) is 0 Å². The molecule has 0 spiro atoms. The van der Waals surface area contributed by atoms with Crippen molar-refractivity contribution < 1.29 is 9.53 Å². The molecule has 124 valence electrons. The van der Waals surface area contributed by atoms with Crippen LogP contribution in [0.2, 0.25) is 0 Å². The highest BCUT2D eigenvalue weighted by Gasteiger charge is 2.50. The Morgan fingerprint density at radius 3 is 2.86 bits per heavy atom. The summed E-state index contributed by atoms with van der Waals surface area (Å²) in [5.41, 5.74) is -0.339. The second-order valence-electron chi connectivity index (χ2n) is 7.27. The summed E-state index contributed by atoms with van der Waals surface area (Å²) in [5.74, 6) is 0.783. The molecule has 1 aliphatic carbocycles. The monoisotopic (exact) mass is 318 g/mol. The summed E-state index contributed by atoms with van der Waals surface area (Å²) in [7, 11) is 1.73. The molecule has 1 saturated carbocycles. The topological polar surface area (TPSA) is 50.4 Å². The fourth-order valence-electron chi connectivity index (χ4n) is 3.93. The number of rotatable bonds is 5. The number of halogens is 1. The molecule has 2 fully saturated rings. The minimum atomic E-state index is -0.190. The van der Waals surface area contributed by atoms with Crippen molar-refractivity contribution in [2.45, 2.75) is 64.5 Å². The maximum atomic E-state index is 12.8. The smallest absolute Gasteiger partial charge is 0.228 e. The third-order valence-corrected chi connectivity index (χ3v) is 5.22. The van der Waals surface area contributed by atoms with Crippen molar-refractivity contribution >= 4 is 18.3 Å². The molecule has 1 amide bonds. The maximum absolute atomic E-state index is 12.8. The lowest BCUT2D eigenvalue weighted by Gasteiger charge is -2.38. The van der Waals surface area contributed by atoms with Crippen LogP contribution in [0, 0.1) is 11.3 Å². The van der Waals surface area contributed by atoms with E-state index in [1.54, 1.807) is 7.11 Å². The fourth-order valence-corrected chi connectivity index (χ4v) is 3.93. The van der Waals surface area contributed by atoms with Crippen LogP contribution in [0.4, 0.5) is 0 Å². The minimum Gasteiger partial charge on any atom is -0.379 e. The lowest BCUT2D eigenvalue weighted by atomic mass is 9.67. The molecule has 0 aromatic heterocycles. The molecule has 0 radical (unpaired) electrons. The largest absolute Gasteiger partial charge is 0.379 e. The summed E-state index contributed by atoms with van der Waals surface area (Å²) in [4.78, 5) is 12.8. The first-order valence-electron chi connectivity index (χ1n) is 7.96. The lowest BCUT2D eigenvalue weighted by molar-refractivity contribution is -0.135. The minimum absolute atomic E-state index is 0. The summed E-state index contributed by atoms with van der Waals surface area (Å²) in [5, 5.41) is 6.68. The Balaban J connectivity index is 0.00000220. The van der Waals surface area contributed by atoms with Gasteiger partial charge in [0.1, 0.15) is 0 Å². The predicted octanol–water partition coefficient (Wildman–Crippen LogP) is 2.51. The van der Waals surface area contributed by atoms with Gasteiger partial charge in [-0.05, 0) is 52.5 Å². The van der Waals surface area contributed by atoms with Gasteiger partial charge in [-0.2, -0.15) is 0 Å². The molecule has 1 aliphatic heterocycles. The van der Waals surface area contributed by atoms with Crippen LogP contribution in [-0.2, 0) is 9.53 Å². The van der Waals surface area contributed by atoms with Gasteiger partial charge in [0.25, 0.3) is 0 Å². The quantitative estimate of drug-likeness (QED) is 0.819. The summed E-state index contributed by atoms with van der Waals surface area (Å²) in [6, 6.07) is 0.148. The second-order valence-corrected chi connectivity index (χ2v) is 7.27. The zero-order valence-corrected chi connectivity index (χ0v) is 14.6. The number of nitrogens with one attached hydrogen (secondary N) is 2. The Morgan fingerprint density at radius 2 is 2.19 bits per heavy atom. The van der Waals surface area contributed by atoms with Crippen LogP contribution in [0.1, 0.15) is 52.9 Å². The highest BCUT2D eigenvalue weighted by atomic mass is 35.5. The van der Waals surface area contributed by atoms with Gasteiger partial charge in [0.05, 0.1) is 11.0 Å². The van der Waals surface area contributed by atoms with Gasteiger partial charge < -0.3 is 15.4 Å². The fraction of sp³-hybridized carbons (Fsp3) is 0.938. The molecule has 0 aromatic rings. The van der Waals surface area contributed by atoms with Gasteiger partial charge >= 0.3 is 0 Å². The van der Waals surface area contributed by atoms with E-state index in [0.717, 1.165) is 25.9 Å². The van der Waals surface area contributed by atoms with Gasteiger partial charge in [0.2, 0.25) is 5.91 Å². The van der Waals surface area contributed by atoms with Crippen LogP contribution in [0.5, 0.6) is 0 Å². The van der Waals surface area contributed by atoms with Gasteiger partial charge in [0.15, 0.2) is 0 Å². The third-order valence-electron chi connectivity index (χ3n) is 5.22. The number of carbonyl (C=O) groups is 1. The first kappa shape index (κ1) is 18.7. The van der Waals surface area contributed by atoms with E-state index in [4.69, 9.17) is 4.74 Å². The van der Waals surface area contributed by atoms with Crippen molar-refractivity contribution in [2.75, 3.05) is 20.2 Å². The molecule has 0 bridgehead atoms. The summed E-state index contributed by atoms with van der Waals surface area (Å²) >= 11 is 0. The van der Waals surface area contributed by atoms with Crippen molar-refractivity contribution in [3.63, 3.8) is 0 Å². The summed E-state index contributed by atoms with van der Waals surface area (Å²) < 4.78 is 5.46. The van der Waals surface area contributed by atoms with Crippen LogP contribution in [0.3, 0.4) is 0 Å². The average Bonchev–Trinajstić information content (AvgIpc) is 2.83. The van der Waals surface area contributed by atoms with Gasteiger partial charge in [-0.3, -0.25) is 4.79 Å². The summed E-state index contributed by atoms with van der Waals surface area (Å²) in [6.45, 7) is 8.06. The number of carbonyl (C=O) groups excluding carboxylic acids is 1. The van der Waals surface area contributed by atoms with E-state index in [1.807, 2.05) is 0 Å². The van der Waals surface area contributed by atoms with Crippen molar-refractivity contribution in [1.29, 1.82) is 0 Å². The van der Waals surface area contributed by atoms with Crippen LogP contribution >= 0.6 is 12.4 Å². The average molecular weight is 319 g/mol. The van der Waals surface area contributed by atoms with Crippen molar-refractivity contribution in [3.05, 3.63) is 0 Å². The Hall–Kier alpha value is -0.320. The normalized spacial score (nSPS) is 30.2. The Morgan fingerprint density at radius 1 is 1.48 bits per heavy atom. The first-order valence-corrected chi connectivity index (χ1v) is 7.96. The van der Waals surface area contributed by atoms with Gasteiger partial charge in [0, 0.05) is 19.7 Å². The molecule has 2 aliphatic rings. The molecule has 21 heavy (non-hydrogen) atoms. The highest BCUT2D eigenvalue weighted by Crippen LogP contribution is 2.44. The second kappa shape index (κ2) is 7.30. The molecule has 3 atom stereocenters. The standard InChI is InChI=1S/C16H30N2O2.ClH/c1-12(9-15(2,3)20-4)18-14(19)16-8-6-5-7-13(16)10-17-11-16;/h12-13,17H,5-11H2,1-4H3,(H,18,19);1H/t12?,13-,16+;/m0./s1. The number of hydrogen-bond acceptors (Lipinski definition) is 3. The number of fused-ring (bicyclic) bond motifs is 1. The zero-order valence-electron chi connectivity index (χ0n) is 13.8. The van der Waals surface area contributed by atoms with Crippen LogP contribution in [0.25, 0.3) is 0 Å². The first-order chi connectivity index (χ1) is 9.39. The molecule has 1 unspecified atom stereocenters. The van der Waals surface area contributed by atoms with Crippen LogP contribution < -0.4 is 10.6 Å². The Kier molecular flexibility index (Phi) is 6.51. The summed E-state index contributed by atoms with van der Waals surface area (Å²) in [6.07, 6.45) is 5.52. The van der Waals surface area contributed by atoms with E-state index >= 15 is 0 Å². The number of methoxy groups -OCH3 is 1. The highest BCUT2D eigenvalue weighted by molar-refractivity contribution is 5.85. The third kappa shape index (κ3) is 4.11. The molecule has 0 aromatic carbocycles. The lowest BCUT2D eigenvalue weighted by Crippen LogP contribution is -2.51. The maximum Gasteiger partial charge on any atom is 0.228 e. The SMILES string of the molecule is COC(C)(C)CC(C)NC(=O)[C@@]12CCCC[C@H]1CNC2.Cl. The van der Waals surface area contributed by atoms with Crippen molar-refractivity contribution in [1.82, 2.24) is 10.6 Å². The molecular weight excluding hydrogens is 288 g/mol. The molecule has 4 nitrogen and oxygen atoms in total. The zero-order chi connectivity index (χ0) is 14.8. The predicted molar refractivity (Wildman–Crippen MR) is 87.8 cm³/mol. The van der Waals surface area contributed by atoms with Gasteiger partial charge in [-0.15, -0.1) is 12.4 Å². The Bertz CT molecular complexity index is 362. The Labute approximate surface area is 135 Å². The number of hydrogen-bond donors (Lipinski definition) is 2. The molecule has 5 heteroatoms. The van der Waals surface area contributed by atoms with Gasteiger partial charge in [-0.1, -0.05) is 12.8 Å². The van der Waals surface area contributed by atoms with E-state index in [-0.39, 0.29) is 35.4 Å². The van der Waals surface area contributed by atoms with Gasteiger partial charge in [-0.25, -0.2) is 0 Å². The number of ether oxygens (including phenoxy) is 1. The molecular formula is C16H31ClN2O2. The molecule has 2 N–H and O–H groups in total. The van der Waals surface area contributed by atoms with E-state index < -0.39 is 0 Å². The van der Waals surface area contributed by atoms with Crippen LogP contribution in [0.15, 0.2) is 0 Å². The van der Waals surface area contributed by atoms with E-state index in [1.165, 1.54) is 19.3 Å². The van der Waals surface area contributed by atoms with Crippen LogP contribution in [-0.4, -0.2) is 37.7 Å². The number of amides is 1. The molecule has 1 heterocycles.